The minimum Gasteiger partial charge on any atom is -0.457 e. The molecule has 0 radical (unpaired) electrons. The molecule has 168 valence electrons. The number of nitrogens with zero attached hydrogens (tertiary/aromatic N) is 2. The maximum atomic E-state index is 13.4. The number of non-ortho nitro benzene ring substituents is 2. The summed E-state index contributed by atoms with van der Waals surface area (Å²) in [7, 11) is 0. The van der Waals surface area contributed by atoms with Crippen molar-refractivity contribution in [3.63, 3.8) is 0 Å². The van der Waals surface area contributed by atoms with Gasteiger partial charge in [0.15, 0.2) is 0 Å². The third-order valence-electron chi connectivity index (χ3n) is 4.81. The summed E-state index contributed by atoms with van der Waals surface area (Å²) in [5.41, 5.74) is 0.379. The van der Waals surface area contributed by atoms with Crippen LogP contribution in [0.1, 0.15) is 15.9 Å². The van der Waals surface area contributed by atoms with Crippen molar-refractivity contribution in [2.75, 3.05) is 0 Å². The Morgan fingerprint density at radius 3 is 1.26 bits per heavy atom. The Balaban J connectivity index is 1.61. The van der Waals surface area contributed by atoms with Crippen LogP contribution < -0.4 is 9.47 Å². The smallest absolute Gasteiger partial charge is 0.269 e. The van der Waals surface area contributed by atoms with E-state index in [1.807, 2.05) is 0 Å². The Labute approximate surface area is 193 Å². The highest BCUT2D eigenvalue weighted by Crippen LogP contribution is 2.32. The predicted octanol–water partition coefficient (Wildman–Crippen LogP) is 6.32. The third-order valence-corrected chi connectivity index (χ3v) is 4.81. The molecule has 0 amide bonds. The van der Waals surface area contributed by atoms with Crippen LogP contribution in [0.2, 0.25) is 0 Å². The van der Waals surface area contributed by atoms with Crippen molar-refractivity contribution < 1.29 is 24.1 Å². The molecule has 9 heteroatoms. The number of carbonyl (C=O) groups excluding carboxylic acids is 1. The first-order chi connectivity index (χ1) is 16.4. The fourth-order valence-corrected chi connectivity index (χ4v) is 3.16. The summed E-state index contributed by atoms with van der Waals surface area (Å²) in [6.45, 7) is 0. The Bertz CT molecular complexity index is 1260. The Morgan fingerprint density at radius 2 is 0.912 bits per heavy atom. The highest BCUT2D eigenvalue weighted by molar-refractivity contribution is 6.12. The van der Waals surface area contributed by atoms with E-state index in [-0.39, 0.29) is 39.8 Å². The summed E-state index contributed by atoms with van der Waals surface area (Å²) < 4.78 is 11.7. The molecule has 0 heterocycles. The van der Waals surface area contributed by atoms with E-state index in [1.165, 1.54) is 48.5 Å². The minimum absolute atomic E-state index is 0.0750. The van der Waals surface area contributed by atoms with Gasteiger partial charge in [-0.2, -0.15) is 0 Å². The topological polar surface area (TPSA) is 122 Å². The number of nitro benzene ring substituents is 2. The number of rotatable bonds is 8. The standard InChI is InChI=1S/C25H16N2O7/c28-25(21-5-1-3-7-23(21)33-19-13-9-17(10-14-19)26(29)30)22-6-2-4-8-24(22)34-20-15-11-18(12-16-20)27(31)32/h1-16H. The summed E-state index contributed by atoms with van der Waals surface area (Å²) in [5, 5.41) is 21.7. The number of para-hydroxylation sites is 2. The van der Waals surface area contributed by atoms with E-state index in [1.54, 1.807) is 48.5 Å². The van der Waals surface area contributed by atoms with Crippen molar-refractivity contribution in [1.29, 1.82) is 0 Å². The van der Waals surface area contributed by atoms with Crippen LogP contribution in [0, 0.1) is 20.2 Å². The molecule has 0 N–H and O–H groups in total. The molecule has 9 nitrogen and oxygen atoms in total. The largest absolute Gasteiger partial charge is 0.457 e. The first kappa shape index (κ1) is 22.2. The van der Waals surface area contributed by atoms with Gasteiger partial charge in [0.2, 0.25) is 5.78 Å². The average Bonchev–Trinajstić information content (AvgIpc) is 2.85. The molecular weight excluding hydrogens is 440 g/mol. The van der Waals surface area contributed by atoms with Gasteiger partial charge >= 0.3 is 0 Å². The van der Waals surface area contributed by atoms with E-state index >= 15 is 0 Å². The zero-order chi connectivity index (χ0) is 24.1. The predicted molar refractivity (Wildman–Crippen MR) is 123 cm³/mol. The van der Waals surface area contributed by atoms with Gasteiger partial charge in [0.25, 0.3) is 11.4 Å². The Kier molecular flexibility index (Phi) is 6.26. The lowest BCUT2D eigenvalue weighted by atomic mass is 10.0. The molecule has 34 heavy (non-hydrogen) atoms. The highest BCUT2D eigenvalue weighted by atomic mass is 16.6. The fraction of sp³-hybridized carbons (Fsp3) is 0. The van der Waals surface area contributed by atoms with Crippen molar-refractivity contribution in [3.8, 4) is 23.0 Å². The van der Waals surface area contributed by atoms with Gasteiger partial charge in [0.05, 0.1) is 21.0 Å². The van der Waals surface area contributed by atoms with E-state index in [0.717, 1.165) is 0 Å². The summed E-state index contributed by atoms with van der Waals surface area (Å²) in [4.78, 5) is 34.1. The molecule has 0 aromatic heterocycles. The van der Waals surface area contributed by atoms with Gasteiger partial charge in [-0.3, -0.25) is 25.0 Å². The van der Waals surface area contributed by atoms with E-state index in [0.29, 0.717) is 11.5 Å². The van der Waals surface area contributed by atoms with Crippen LogP contribution >= 0.6 is 0 Å². The van der Waals surface area contributed by atoms with Crippen LogP contribution in [-0.4, -0.2) is 15.6 Å². The van der Waals surface area contributed by atoms with E-state index in [9.17, 15) is 25.0 Å². The molecule has 0 aliphatic rings. The number of ketones is 1. The summed E-state index contributed by atoms with van der Waals surface area (Å²) in [5.74, 6) is 0.843. The number of hydrogen-bond donors (Lipinski definition) is 0. The van der Waals surface area contributed by atoms with Crippen LogP contribution in [-0.2, 0) is 0 Å². The minimum atomic E-state index is -0.511. The van der Waals surface area contributed by atoms with Crippen LogP contribution in [0.3, 0.4) is 0 Å². The van der Waals surface area contributed by atoms with Crippen molar-refractivity contribution >= 4 is 17.2 Å². The average molecular weight is 456 g/mol. The van der Waals surface area contributed by atoms with Crippen molar-refractivity contribution in [3.05, 3.63) is 128 Å². The lowest BCUT2D eigenvalue weighted by molar-refractivity contribution is -0.385. The quantitative estimate of drug-likeness (QED) is 0.173. The maximum Gasteiger partial charge on any atom is 0.269 e. The van der Waals surface area contributed by atoms with Crippen LogP contribution in [0.5, 0.6) is 23.0 Å². The van der Waals surface area contributed by atoms with Crippen molar-refractivity contribution in [2.24, 2.45) is 0 Å². The number of nitro groups is 2. The van der Waals surface area contributed by atoms with Crippen LogP contribution in [0.25, 0.3) is 0 Å². The second-order valence-corrected chi connectivity index (χ2v) is 7.03. The fourth-order valence-electron chi connectivity index (χ4n) is 3.16. The zero-order valence-electron chi connectivity index (χ0n) is 17.5. The molecule has 0 atom stereocenters. The molecule has 4 aromatic carbocycles. The van der Waals surface area contributed by atoms with Crippen LogP contribution in [0.4, 0.5) is 11.4 Å². The third kappa shape index (κ3) is 4.89. The summed E-state index contributed by atoms with van der Waals surface area (Å²) in [6, 6.07) is 24.3. The van der Waals surface area contributed by atoms with Gasteiger partial charge < -0.3 is 9.47 Å². The van der Waals surface area contributed by atoms with Gasteiger partial charge in [0.1, 0.15) is 23.0 Å². The SMILES string of the molecule is O=C(c1ccccc1Oc1ccc([N+](=O)[O-])cc1)c1ccccc1Oc1ccc([N+](=O)[O-])cc1. The van der Waals surface area contributed by atoms with Gasteiger partial charge in [-0.1, -0.05) is 24.3 Å². The summed E-state index contributed by atoms with van der Waals surface area (Å²) >= 11 is 0. The molecule has 4 aromatic rings. The zero-order valence-corrected chi connectivity index (χ0v) is 17.5. The normalized spacial score (nSPS) is 10.4. The summed E-state index contributed by atoms with van der Waals surface area (Å²) in [6.07, 6.45) is 0. The van der Waals surface area contributed by atoms with Gasteiger partial charge in [-0.15, -0.1) is 0 Å². The molecule has 0 saturated heterocycles. The molecule has 0 spiro atoms. The van der Waals surface area contributed by atoms with Crippen LogP contribution in [0.15, 0.2) is 97.1 Å². The molecule has 0 aliphatic heterocycles. The monoisotopic (exact) mass is 456 g/mol. The number of carbonyl (C=O) groups is 1. The van der Waals surface area contributed by atoms with Gasteiger partial charge in [0, 0.05) is 24.3 Å². The highest BCUT2D eigenvalue weighted by Gasteiger charge is 2.19. The van der Waals surface area contributed by atoms with E-state index < -0.39 is 9.85 Å². The second-order valence-electron chi connectivity index (χ2n) is 7.03. The number of ether oxygens (including phenoxy) is 2. The molecule has 0 bridgehead atoms. The molecule has 0 aliphatic carbocycles. The van der Waals surface area contributed by atoms with E-state index in [2.05, 4.69) is 0 Å². The molecule has 0 unspecified atom stereocenters. The lowest BCUT2D eigenvalue weighted by Crippen LogP contribution is -2.05. The lowest BCUT2D eigenvalue weighted by Gasteiger charge is -2.13. The van der Waals surface area contributed by atoms with Gasteiger partial charge in [-0.25, -0.2) is 0 Å². The van der Waals surface area contributed by atoms with E-state index in [4.69, 9.17) is 9.47 Å². The molecule has 0 fully saturated rings. The second kappa shape index (κ2) is 9.61. The Morgan fingerprint density at radius 1 is 0.559 bits per heavy atom. The molecule has 4 rings (SSSR count). The first-order valence-electron chi connectivity index (χ1n) is 10.00. The first-order valence-corrected chi connectivity index (χ1v) is 10.00. The number of benzene rings is 4. The maximum absolute atomic E-state index is 13.4. The molecular formula is C25H16N2O7. The number of hydrogen-bond acceptors (Lipinski definition) is 7. The van der Waals surface area contributed by atoms with Crippen molar-refractivity contribution in [2.45, 2.75) is 0 Å². The van der Waals surface area contributed by atoms with Gasteiger partial charge in [-0.05, 0) is 48.5 Å². The molecule has 0 saturated carbocycles. The Hall–Kier alpha value is -5.05. The van der Waals surface area contributed by atoms with Crippen molar-refractivity contribution in [1.82, 2.24) is 0 Å².